The van der Waals surface area contributed by atoms with Crippen LogP contribution in [0.2, 0.25) is 0 Å². The number of hydrogen-bond donors (Lipinski definition) is 0. The van der Waals surface area contributed by atoms with Crippen molar-refractivity contribution in [2.45, 2.75) is 39.4 Å². The molecule has 140 valence electrons. The van der Waals surface area contributed by atoms with Gasteiger partial charge in [0.2, 0.25) is 0 Å². The maximum Gasteiger partial charge on any atom is 0.140 e. The minimum absolute atomic E-state index is 0.904. The molecule has 4 nitrogen and oxygen atoms in total. The van der Waals surface area contributed by atoms with Crippen molar-refractivity contribution in [2.24, 2.45) is 0 Å². The number of rotatable bonds is 6. The van der Waals surface area contributed by atoms with Crippen LogP contribution in [0.15, 0.2) is 54.6 Å². The van der Waals surface area contributed by atoms with Gasteiger partial charge in [-0.2, -0.15) is 0 Å². The Morgan fingerprint density at radius 2 is 1.81 bits per heavy atom. The molecule has 1 aliphatic rings. The first kappa shape index (κ1) is 17.8. The first-order chi connectivity index (χ1) is 13.3. The topological polar surface area (TPSA) is 30.3 Å². The van der Waals surface area contributed by atoms with Crippen LogP contribution in [-0.2, 0) is 26.1 Å². The second kappa shape index (κ2) is 7.97. The van der Waals surface area contributed by atoms with E-state index in [1.54, 1.807) is 7.11 Å². The van der Waals surface area contributed by atoms with Crippen molar-refractivity contribution in [1.82, 2.24) is 14.5 Å². The highest BCUT2D eigenvalue weighted by molar-refractivity contribution is 5.57. The van der Waals surface area contributed by atoms with Gasteiger partial charge in [-0.1, -0.05) is 55.5 Å². The summed E-state index contributed by atoms with van der Waals surface area (Å²) in [7, 11) is 1.75. The van der Waals surface area contributed by atoms with E-state index in [2.05, 4.69) is 58.9 Å². The summed E-state index contributed by atoms with van der Waals surface area (Å²) in [5.41, 5.74) is 5.08. The summed E-state index contributed by atoms with van der Waals surface area (Å²) in [4.78, 5) is 7.53. The average Bonchev–Trinajstić information content (AvgIpc) is 3.07. The molecule has 0 unspecified atom stereocenters. The summed E-state index contributed by atoms with van der Waals surface area (Å²) in [5.74, 6) is 2.08. The average molecular weight is 361 g/mol. The summed E-state index contributed by atoms with van der Waals surface area (Å²) in [6.45, 7) is 6.11. The van der Waals surface area contributed by atoms with Gasteiger partial charge in [0, 0.05) is 43.7 Å². The maximum absolute atomic E-state index is 5.54. The van der Waals surface area contributed by atoms with Gasteiger partial charge in [-0.3, -0.25) is 4.90 Å². The number of aromatic nitrogens is 2. The summed E-state index contributed by atoms with van der Waals surface area (Å²) in [5, 5.41) is 0. The third-order valence-electron chi connectivity index (χ3n) is 5.26. The van der Waals surface area contributed by atoms with E-state index in [1.807, 2.05) is 12.1 Å². The molecule has 3 aromatic rings. The normalized spacial score (nSPS) is 14.1. The molecule has 27 heavy (non-hydrogen) atoms. The SMILES string of the molecule is CCCn1c(-c2ccccc2)nc2c1CN(Cc1ccccc1OC)CC2. The van der Waals surface area contributed by atoms with E-state index in [1.165, 1.54) is 22.5 Å². The molecule has 0 radical (unpaired) electrons. The summed E-state index contributed by atoms with van der Waals surface area (Å²) in [6.07, 6.45) is 2.11. The predicted octanol–water partition coefficient (Wildman–Crippen LogP) is 4.53. The van der Waals surface area contributed by atoms with Crippen LogP contribution in [0.5, 0.6) is 5.75 Å². The molecule has 2 aromatic carbocycles. The molecule has 0 saturated carbocycles. The zero-order valence-corrected chi connectivity index (χ0v) is 16.2. The third kappa shape index (κ3) is 3.62. The molecular weight excluding hydrogens is 334 g/mol. The van der Waals surface area contributed by atoms with Gasteiger partial charge in [-0.15, -0.1) is 0 Å². The Hall–Kier alpha value is -2.59. The van der Waals surface area contributed by atoms with Gasteiger partial charge in [0.1, 0.15) is 11.6 Å². The molecule has 0 amide bonds. The van der Waals surface area contributed by atoms with E-state index in [-0.39, 0.29) is 0 Å². The number of hydrogen-bond acceptors (Lipinski definition) is 3. The molecule has 4 rings (SSSR count). The van der Waals surface area contributed by atoms with E-state index in [0.29, 0.717) is 0 Å². The second-order valence-corrected chi connectivity index (χ2v) is 7.12. The van der Waals surface area contributed by atoms with Gasteiger partial charge >= 0.3 is 0 Å². The van der Waals surface area contributed by atoms with Gasteiger partial charge in [0.15, 0.2) is 0 Å². The lowest BCUT2D eigenvalue weighted by molar-refractivity contribution is 0.233. The van der Waals surface area contributed by atoms with Crippen LogP contribution in [0.4, 0.5) is 0 Å². The fourth-order valence-corrected chi connectivity index (χ4v) is 3.95. The molecule has 0 N–H and O–H groups in total. The van der Waals surface area contributed by atoms with Crippen LogP contribution in [0, 0.1) is 0 Å². The van der Waals surface area contributed by atoms with Crippen molar-refractivity contribution < 1.29 is 4.74 Å². The summed E-state index contributed by atoms with van der Waals surface area (Å²) in [6, 6.07) is 18.9. The molecule has 0 saturated heterocycles. The van der Waals surface area contributed by atoms with Gasteiger partial charge in [0.05, 0.1) is 18.5 Å². The Kier molecular flexibility index (Phi) is 5.26. The smallest absolute Gasteiger partial charge is 0.140 e. The van der Waals surface area contributed by atoms with Crippen LogP contribution >= 0.6 is 0 Å². The molecular formula is C23H27N3O. The quantitative estimate of drug-likeness (QED) is 0.646. The van der Waals surface area contributed by atoms with Gasteiger partial charge < -0.3 is 9.30 Å². The van der Waals surface area contributed by atoms with E-state index >= 15 is 0 Å². The standard InChI is InChI=1S/C23H27N3O/c1-3-14-26-21-17-25(16-19-11-7-8-12-22(19)27-2)15-13-20(21)24-23(26)18-9-5-4-6-10-18/h4-12H,3,13-17H2,1-2H3. The Labute approximate surface area is 161 Å². The third-order valence-corrected chi connectivity index (χ3v) is 5.26. The van der Waals surface area contributed by atoms with Crippen molar-refractivity contribution in [2.75, 3.05) is 13.7 Å². The highest BCUT2D eigenvalue weighted by Gasteiger charge is 2.25. The van der Waals surface area contributed by atoms with Gasteiger partial charge in [-0.05, 0) is 12.5 Å². The van der Waals surface area contributed by atoms with Crippen molar-refractivity contribution >= 4 is 0 Å². The number of para-hydroxylation sites is 1. The lowest BCUT2D eigenvalue weighted by atomic mass is 10.1. The first-order valence-corrected chi connectivity index (χ1v) is 9.78. The zero-order valence-electron chi connectivity index (χ0n) is 16.2. The van der Waals surface area contributed by atoms with E-state index < -0.39 is 0 Å². The van der Waals surface area contributed by atoms with E-state index in [9.17, 15) is 0 Å². The van der Waals surface area contributed by atoms with E-state index in [0.717, 1.165) is 50.6 Å². The number of fused-ring (bicyclic) bond motifs is 1. The van der Waals surface area contributed by atoms with Crippen LogP contribution in [-0.4, -0.2) is 28.1 Å². The van der Waals surface area contributed by atoms with Gasteiger partial charge in [0.25, 0.3) is 0 Å². The van der Waals surface area contributed by atoms with Crippen LogP contribution < -0.4 is 4.74 Å². The first-order valence-electron chi connectivity index (χ1n) is 9.78. The molecule has 1 aromatic heterocycles. The summed E-state index contributed by atoms with van der Waals surface area (Å²) >= 11 is 0. The fourth-order valence-electron chi connectivity index (χ4n) is 3.95. The molecule has 0 aliphatic carbocycles. The maximum atomic E-state index is 5.54. The second-order valence-electron chi connectivity index (χ2n) is 7.12. The van der Waals surface area contributed by atoms with Crippen molar-refractivity contribution in [3.8, 4) is 17.1 Å². The molecule has 1 aliphatic heterocycles. The summed E-state index contributed by atoms with van der Waals surface area (Å²) < 4.78 is 7.97. The Morgan fingerprint density at radius 1 is 1.04 bits per heavy atom. The molecule has 0 atom stereocenters. The monoisotopic (exact) mass is 361 g/mol. The Balaban J connectivity index is 1.63. The minimum Gasteiger partial charge on any atom is -0.496 e. The Bertz CT molecular complexity index is 901. The zero-order chi connectivity index (χ0) is 18.6. The largest absolute Gasteiger partial charge is 0.496 e. The highest BCUT2D eigenvalue weighted by Crippen LogP contribution is 2.29. The van der Waals surface area contributed by atoms with Crippen molar-refractivity contribution in [3.05, 3.63) is 71.5 Å². The molecule has 0 fully saturated rings. The number of methoxy groups -OCH3 is 1. The number of nitrogens with zero attached hydrogens (tertiary/aromatic N) is 3. The van der Waals surface area contributed by atoms with Crippen LogP contribution in [0.25, 0.3) is 11.4 Å². The van der Waals surface area contributed by atoms with Crippen LogP contribution in [0.3, 0.4) is 0 Å². The van der Waals surface area contributed by atoms with Crippen molar-refractivity contribution in [3.63, 3.8) is 0 Å². The number of benzene rings is 2. The fraction of sp³-hybridized carbons (Fsp3) is 0.348. The molecule has 2 heterocycles. The van der Waals surface area contributed by atoms with Gasteiger partial charge in [-0.25, -0.2) is 4.98 Å². The highest BCUT2D eigenvalue weighted by atomic mass is 16.5. The van der Waals surface area contributed by atoms with E-state index in [4.69, 9.17) is 9.72 Å². The van der Waals surface area contributed by atoms with Crippen LogP contribution in [0.1, 0.15) is 30.3 Å². The number of imidazole rings is 1. The molecule has 0 bridgehead atoms. The molecule has 0 spiro atoms. The lowest BCUT2D eigenvalue weighted by Crippen LogP contribution is -2.31. The minimum atomic E-state index is 0.904. The number of ether oxygens (including phenoxy) is 1. The Morgan fingerprint density at radius 3 is 2.59 bits per heavy atom. The molecule has 4 heteroatoms. The van der Waals surface area contributed by atoms with Crippen molar-refractivity contribution in [1.29, 1.82) is 0 Å². The lowest BCUT2D eigenvalue weighted by Gasteiger charge is -2.28. The predicted molar refractivity (Wildman–Crippen MR) is 109 cm³/mol.